The first-order valence-corrected chi connectivity index (χ1v) is 6.66. The molecule has 108 valence electrons. The summed E-state index contributed by atoms with van der Waals surface area (Å²) >= 11 is 0. The number of primary amides is 1. The van der Waals surface area contributed by atoms with Crippen LogP contribution in [0.4, 0.5) is 4.39 Å². The minimum atomic E-state index is -1.10. The van der Waals surface area contributed by atoms with Crippen molar-refractivity contribution in [1.29, 1.82) is 0 Å². The van der Waals surface area contributed by atoms with Crippen LogP contribution in [0.2, 0.25) is 0 Å². The van der Waals surface area contributed by atoms with E-state index in [1.165, 1.54) is 12.1 Å². The van der Waals surface area contributed by atoms with Crippen molar-refractivity contribution in [3.8, 4) is 0 Å². The van der Waals surface area contributed by atoms with Crippen LogP contribution in [0.25, 0.3) is 0 Å². The van der Waals surface area contributed by atoms with Gasteiger partial charge < -0.3 is 11.1 Å². The van der Waals surface area contributed by atoms with Gasteiger partial charge in [0.25, 0.3) is 0 Å². The summed E-state index contributed by atoms with van der Waals surface area (Å²) in [5, 5.41) is 2.70. The smallest absolute Gasteiger partial charge is 0.242 e. The summed E-state index contributed by atoms with van der Waals surface area (Å²) in [6, 6.07) is 5.96. The second kappa shape index (κ2) is 4.89. The quantitative estimate of drug-likeness (QED) is 0.878. The lowest BCUT2D eigenvalue weighted by Gasteiger charge is -2.42. The van der Waals surface area contributed by atoms with Crippen LogP contribution in [0.5, 0.6) is 0 Å². The maximum Gasteiger partial charge on any atom is 0.242 e. The van der Waals surface area contributed by atoms with E-state index in [-0.39, 0.29) is 11.7 Å². The number of amides is 2. The fourth-order valence-electron chi connectivity index (χ4n) is 2.41. The van der Waals surface area contributed by atoms with Gasteiger partial charge in [-0.3, -0.25) is 9.59 Å². The normalized spacial score (nSPS) is 17.1. The third-order valence-corrected chi connectivity index (χ3v) is 4.08. The molecular formula is C15H19FN2O2. The van der Waals surface area contributed by atoms with Gasteiger partial charge in [-0.25, -0.2) is 4.39 Å². The van der Waals surface area contributed by atoms with Crippen LogP contribution in [-0.4, -0.2) is 17.4 Å². The molecule has 2 rings (SSSR count). The molecule has 1 saturated carbocycles. The maximum absolute atomic E-state index is 13.0. The molecule has 1 aromatic carbocycles. The van der Waals surface area contributed by atoms with E-state index < -0.39 is 16.9 Å². The first-order valence-electron chi connectivity index (χ1n) is 6.66. The van der Waals surface area contributed by atoms with Crippen molar-refractivity contribution >= 4 is 11.8 Å². The van der Waals surface area contributed by atoms with Crippen LogP contribution in [0.15, 0.2) is 24.3 Å². The number of nitrogens with one attached hydrogen (secondary N) is 1. The van der Waals surface area contributed by atoms with E-state index in [0.29, 0.717) is 12.8 Å². The topological polar surface area (TPSA) is 72.2 Å². The average Bonchev–Trinajstić information content (AvgIpc) is 2.29. The number of benzene rings is 1. The summed E-state index contributed by atoms with van der Waals surface area (Å²) in [4.78, 5) is 23.9. The third-order valence-electron chi connectivity index (χ3n) is 4.08. The van der Waals surface area contributed by atoms with Crippen LogP contribution in [0, 0.1) is 5.82 Å². The molecule has 0 spiro atoms. The number of nitrogens with two attached hydrogens (primary N) is 1. The van der Waals surface area contributed by atoms with Crippen LogP contribution in [-0.2, 0) is 15.0 Å². The van der Waals surface area contributed by atoms with Gasteiger partial charge in [-0.15, -0.1) is 0 Å². The Morgan fingerprint density at radius 1 is 1.25 bits per heavy atom. The highest BCUT2D eigenvalue weighted by Crippen LogP contribution is 2.44. The molecule has 1 aliphatic carbocycles. The highest BCUT2D eigenvalue weighted by atomic mass is 19.1. The number of halogens is 1. The highest BCUT2D eigenvalue weighted by molar-refractivity contribution is 5.95. The summed E-state index contributed by atoms with van der Waals surface area (Å²) < 4.78 is 13.0. The van der Waals surface area contributed by atoms with Crippen LogP contribution in [0.3, 0.4) is 0 Å². The average molecular weight is 278 g/mol. The minimum absolute atomic E-state index is 0.223. The first-order chi connectivity index (χ1) is 9.28. The molecule has 1 aromatic rings. The molecule has 0 saturated heterocycles. The second-order valence-electron chi connectivity index (χ2n) is 5.89. The first kappa shape index (κ1) is 14.5. The number of hydrogen-bond acceptors (Lipinski definition) is 2. The van der Waals surface area contributed by atoms with Gasteiger partial charge in [-0.05, 0) is 44.4 Å². The van der Waals surface area contributed by atoms with Crippen molar-refractivity contribution in [2.75, 3.05) is 0 Å². The highest BCUT2D eigenvalue weighted by Gasteiger charge is 2.47. The van der Waals surface area contributed by atoms with E-state index in [1.807, 2.05) is 0 Å². The SMILES string of the molecule is CC(C)(NC(=O)C1(c2ccc(F)cc2)CCC1)C(N)=O. The van der Waals surface area contributed by atoms with Crippen molar-refractivity contribution < 1.29 is 14.0 Å². The van der Waals surface area contributed by atoms with Crippen molar-refractivity contribution in [1.82, 2.24) is 5.32 Å². The van der Waals surface area contributed by atoms with E-state index >= 15 is 0 Å². The molecule has 3 N–H and O–H groups in total. The molecule has 0 bridgehead atoms. The van der Waals surface area contributed by atoms with E-state index in [2.05, 4.69) is 5.32 Å². The van der Waals surface area contributed by atoms with Crippen molar-refractivity contribution in [2.45, 2.75) is 44.1 Å². The molecule has 20 heavy (non-hydrogen) atoms. The van der Waals surface area contributed by atoms with Gasteiger partial charge in [-0.2, -0.15) is 0 Å². The molecule has 0 radical (unpaired) electrons. The molecule has 4 nitrogen and oxygen atoms in total. The van der Waals surface area contributed by atoms with Crippen LogP contribution >= 0.6 is 0 Å². The Bertz CT molecular complexity index is 533. The number of rotatable bonds is 4. The molecule has 5 heteroatoms. The summed E-state index contributed by atoms with van der Waals surface area (Å²) in [5.41, 5.74) is 4.29. The van der Waals surface area contributed by atoms with Gasteiger partial charge in [-0.1, -0.05) is 18.6 Å². The Morgan fingerprint density at radius 2 is 1.80 bits per heavy atom. The van der Waals surface area contributed by atoms with E-state index in [9.17, 15) is 14.0 Å². The fraction of sp³-hybridized carbons (Fsp3) is 0.467. The van der Waals surface area contributed by atoms with Crippen molar-refractivity contribution in [2.24, 2.45) is 5.73 Å². The summed E-state index contributed by atoms with van der Waals surface area (Å²) in [6.45, 7) is 3.15. The molecule has 2 amide bonds. The van der Waals surface area contributed by atoms with E-state index in [0.717, 1.165) is 12.0 Å². The zero-order valence-electron chi connectivity index (χ0n) is 11.7. The zero-order chi connectivity index (χ0) is 15.0. The Morgan fingerprint density at radius 3 is 2.20 bits per heavy atom. The molecule has 0 aromatic heterocycles. The number of carbonyl (C=O) groups is 2. The van der Waals surface area contributed by atoms with Crippen molar-refractivity contribution in [3.63, 3.8) is 0 Å². The molecular weight excluding hydrogens is 259 g/mol. The Balaban J connectivity index is 2.25. The Labute approximate surface area is 117 Å². The monoisotopic (exact) mass is 278 g/mol. The van der Waals surface area contributed by atoms with Gasteiger partial charge in [0, 0.05) is 0 Å². The predicted octanol–water partition coefficient (Wildman–Crippen LogP) is 1.63. The number of hydrogen-bond donors (Lipinski definition) is 2. The lowest BCUT2D eigenvalue weighted by molar-refractivity contribution is -0.136. The Hall–Kier alpha value is -1.91. The molecule has 1 aliphatic rings. The standard InChI is InChI=1S/C15H19FN2O2/c1-14(2,12(17)19)18-13(20)15(8-3-9-15)10-4-6-11(16)7-5-10/h4-7H,3,8-9H2,1-2H3,(H2,17,19)(H,18,20). The van der Waals surface area contributed by atoms with Gasteiger partial charge in [0.05, 0.1) is 5.41 Å². The summed E-state index contributed by atoms with van der Waals surface area (Å²) in [5.74, 6) is -1.14. The minimum Gasteiger partial charge on any atom is -0.368 e. The predicted molar refractivity (Wildman–Crippen MR) is 73.3 cm³/mol. The summed E-state index contributed by atoms with van der Waals surface area (Å²) in [7, 11) is 0. The van der Waals surface area contributed by atoms with Crippen LogP contribution < -0.4 is 11.1 Å². The molecule has 0 heterocycles. The molecule has 0 unspecified atom stereocenters. The zero-order valence-corrected chi connectivity index (χ0v) is 11.7. The second-order valence-corrected chi connectivity index (χ2v) is 5.89. The number of carbonyl (C=O) groups excluding carboxylic acids is 2. The van der Waals surface area contributed by atoms with E-state index in [1.54, 1.807) is 26.0 Å². The largest absolute Gasteiger partial charge is 0.368 e. The van der Waals surface area contributed by atoms with Crippen molar-refractivity contribution in [3.05, 3.63) is 35.6 Å². The van der Waals surface area contributed by atoms with Crippen LogP contribution in [0.1, 0.15) is 38.7 Å². The lowest BCUT2D eigenvalue weighted by atomic mass is 9.63. The lowest BCUT2D eigenvalue weighted by Crippen LogP contribution is -2.59. The molecule has 0 aliphatic heterocycles. The third kappa shape index (κ3) is 2.40. The van der Waals surface area contributed by atoms with E-state index in [4.69, 9.17) is 5.73 Å². The maximum atomic E-state index is 13.0. The fourth-order valence-corrected chi connectivity index (χ4v) is 2.41. The molecule has 1 fully saturated rings. The Kier molecular flexibility index (Phi) is 3.54. The van der Waals surface area contributed by atoms with Gasteiger partial charge in [0.1, 0.15) is 11.4 Å². The van der Waals surface area contributed by atoms with Gasteiger partial charge in [0.2, 0.25) is 11.8 Å². The molecule has 0 atom stereocenters. The van der Waals surface area contributed by atoms with Gasteiger partial charge >= 0.3 is 0 Å². The van der Waals surface area contributed by atoms with Gasteiger partial charge in [0.15, 0.2) is 0 Å². The summed E-state index contributed by atoms with van der Waals surface area (Å²) in [6.07, 6.45) is 2.32.